The van der Waals surface area contributed by atoms with Crippen LogP contribution in [0.3, 0.4) is 0 Å². The topological polar surface area (TPSA) is 676 Å². The van der Waals surface area contributed by atoms with Gasteiger partial charge in [-0.25, -0.2) is 33.8 Å². The van der Waals surface area contributed by atoms with Crippen LogP contribution < -0.4 is 62.0 Å². The quantitative estimate of drug-likeness (QED) is 0.0198. The standard InChI is InChI=1S/C98H101N7O42S3/c1-44(100-68(106)20-23-101-69(107)18-19-70(101)108)97(4,5)43-134-42-96(2,3)41-99-83(118)48-12-17-60(141-92-79(117)73(111)76(114)82(144-92)89(126)127)65(28-48)147-150(130,131)146-54-27-47(40-135-63-32-57-55(30-61(63)132-6)84(119)102-36-49-21-24-148-66(49)34-59(102)86(121)104(57)94(128)136-38-45-8-13-51(14-9-45)139-90-77(115)71(109)74(112)80(142-90)87(122)123)26-53(29-54)138-64-33-58-56(31-62(64)133-7)85(120)103-37-50-22-25-149-67(50)35-98(103)93(145-98)105(58)95(129)137-39-46-10-15-52(16-11-46)140-91-78(116)72(110)75(113)81(143-91)88(124)125/h8-19,21-22,24-33,59,71-82,86,90-93,109-117,121H,1,20,23,34-43H2,2-7H3,(H,99,118)(H,100,106)(H,122,123)(H,124,125)(H,126,127)/t59?,71-,72-,73-,74-,75-,76-,77+,78+,79+,80-,81-,82-,86?,90+,91+,92+,93?,98?/m0/s1. The first-order valence-electron chi connectivity index (χ1n) is 46.2. The molecule has 4 saturated heterocycles. The number of ether oxygens (including phenoxy) is 14. The van der Waals surface area contributed by atoms with Gasteiger partial charge in [-0.15, -0.1) is 31.1 Å². The van der Waals surface area contributed by atoms with Gasteiger partial charge in [0, 0.05) is 101 Å². The van der Waals surface area contributed by atoms with E-state index in [-0.39, 0.29) is 138 Å². The number of carboxylic acids is 3. The van der Waals surface area contributed by atoms with Gasteiger partial charge in [-0.1, -0.05) is 58.5 Å². The molecular weight excluding hydrogens is 2040 g/mol. The number of rotatable bonds is 36. The zero-order chi connectivity index (χ0) is 108. The number of nitrogens with one attached hydrogen (secondary N) is 2. The third-order valence-corrected chi connectivity index (χ3v) is 28.8. The van der Waals surface area contributed by atoms with Crippen LogP contribution >= 0.6 is 22.7 Å². The number of benzene rings is 6. The smallest absolute Gasteiger partial charge is 0.493 e. The molecule has 15 N–H and O–H groups in total. The lowest BCUT2D eigenvalue weighted by Gasteiger charge is -2.38. The number of nitrogens with zero attached hydrogens (tertiary/aromatic N) is 5. The average Bonchev–Trinajstić information content (AvgIpc) is 1.51. The highest BCUT2D eigenvalue weighted by Crippen LogP contribution is 2.56. The minimum Gasteiger partial charge on any atom is -0.493 e. The number of carbonyl (C=O) groups excluding carboxylic acids is 8. The molecule has 52 heteroatoms. The molecule has 49 nitrogen and oxygen atoms in total. The van der Waals surface area contributed by atoms with Gasteiger partial charge in [0.25, 0.3) is 29.5 Å². The maximum absolute atomic E-state index is 15.5. The second-order valence-electron chi connectivity index (χ2n) is 37.6. The minimum atomic E-state index is -5.78. The number of hydrogen-bond donors (Lipinski definition) is 15. The van der Waals surface area contributed by atoms with Gasteiger partial charge >= 0.3 is 40.5 Å². The summed E-state index contributed by atoms with van der Waals surface area (Å²) in [6, 6.07) is 24.5. The summed E-state index contributed by atoms with van der Waals surface area (Å²) >= 11 is 2.73. The fourth-order valence-electron chi connectivity index (χ4n) is 17.7. The number of aliphatic carboxylic acids is 3. The van der Waals surface area contributed by atoms with Crippen molar-refractivity contribution < 1.29 is 202 Å². The minimum absolute atomic E-state index is 0.00747. The molecule has 4 unspecified atom stereocenters. The molecule has 8 amide bonds. The zero-order valence-corrected chi connectivity index (χ0v) is 82.5. The number of hydrogen-bond acceptors (Lipinski definition) is 41. The van der Waals surface area contributed by atoms with Crippen LogP contribution in [0.2, 0.25) is 0 Å². The van der Waals surface area contributed by atoms with E-state index in [0.29, 0.717) is 5.56 Å². The van der Waals surface area contributed by atoms with Crippen LogP contribution in [0.5, 0.6) is 57.5 Å². The second-order valence-corrected chi connectivity index (χ2v) is 40.7. The SMILES string of the molecule is C=C(NC(=O)CCN1C(=O)C=CC1=O)C(C)(C)COCC(C)(C)CNC(=O)c1ccc(O[C@@H]2O[C@H](C(=O)O)[C@@H](O)[C@H](O)[C@H]2O)c(OS(=O)(=O)Oc2cc(COc3cc4c(cc3OC)C(=O)N3Cc5ccsc5CC3C(O)N4C(=O)OCc3ccc(O[C@@H]4O[C@H](C(=O)O)[C@@H](O)[C@H](O)[C@H]4O)cc3)cc(Oc3cc4c(cc3OC)C(=O)N3Cc5ccsc5CC35OC5N4C(=O)OCc3ccc(O[C@@H]4O[C@H](C(=O)O)[C@@H](O)[C@H](O)[C@H]4O)cc3)c2)c1. The Hall–Kier alpha value is -14.3. The summed E-state index contributed by atoms with van der Waals surface area (Å²) in [7, 11) is -3.37. The Labute approximate surface area is 858 Å². The number of aliphatic hydroxyl groups is 10. The predicted octanol–water partition coefficient (Wildman–Crippen LogP) is 2.91. The molecule has 4 fully saturated rings. The van der Waals surface area contributed by atoms with E-state index in [9.17, 15) is 99.9 Å². The van der Waals surface area contributed by atoms with E-state index in [0.717, 1.165) is 78.1 Å². The highest BCUT2D eigenvalue weighted by molar-refractivity contribution is 7.82. The van der Waals surface area contributed by atoms with E-state index in [1.807, 2.05) is 11.4 Å². The van der Waals surface area contributed by atoms with E-state index in [1.54, 1.807) is 39.1 Å². The molecular formula is C98H101N7O42S3. The van der Waals surface area contributed by atoms with Crippen molar-refractivity contribution in [3.8, 4) is 57.5 Å². The van der Waals surface area contributed by atoms with E-state index in [4.69, 9.17) is 74.7 Å². The molecule has 0 saturated carbocycles. The molecule has 11 heterocycles. The average molecular weight is 2150 g/mol. The van der Waals surface area contributed by atoms with Crippen LogP contribution in [0, 0.1) is 10.8 Å². The number of methoxy groups -OCH3 is 2. The number of amides is 8. The van der Waals surface area contributed by atoms with Gasteiger partial charge in [0.1, 0.15) is 97.8 Å². The third kappa shape index (κ3) is 22.2. The molecule has 0 radical (unpaired) electrons. The summed E-state index contributed by atoms with van der Waals surface area (Å²) in [4.78, 5) is 156. The Bertz CT molecular complexity index is 6740. The van der Waals surface area contributed by atoms with Crippen LogP contribution in [0.4, 0.5) is 21.0 Å². The van der Waals surface area contributed by atoms with Crippen LogP contribution in [0.1, 0.15) is 103 Å². The Morgan fingerprint density at radius 3 is 1.61 bits per heavy atom. The summed E-state index contributed by atoms with van der Waals surface area (Å²) < 4.78 is 125. The summed E-state index contributed by atoms with van der Waals surface area (Å²) in [6.45, 7) is 8.57. The summed E-state index contributed by atoms with van der Waals surface area (Å²) in [5.41, 5.74) is -2.48. The van der Waals surface area contributed by atoms with Gasteiger partial charge in [-0.3, -0.25) is 33.7 Å². The third-order valence-electron chi connectivity index (χ3n) is 26.1. The Kier molecular flexibility index (Phi) is 30.7. The van der Waals surface area contributed by atoms with Gasteiger partial charge in [0.15, 0.2) is 71.0 Å². The van der Waals surface area contributed by atoms with Crippen molar-refractivity contribution in [2.24, 2.45) is 10.8 Å². The summed E-state index contributed by atoms with van der Waals surface area (Å²) in [5.74, 6) is -13.1. The largest absolute Gasteiger partial charge is 0.501 e. The van der Waals surface area contributed by atoms with Crippen LogP contribution in [-0.2, 0) is 118 Å². The van der Waals surface area contributed by atoms with Crippen molar-refractivity contribution in [1.29, 1.82) is 0 Å². The lowest BCUT2D eigenvalue weighted by atomic mass is 9.90. The maximum atomic E-state index is 15.5. The number of fused-ring (bicyclic) bond motifs is 5. The van der Waals surface area contributed by atoms with Crippen LogP contribution in [0.25, 0.3) is 0 Å². The first-order chi connectivity index (χ1) is 71.2. The first kappa shape index (κ1) is 107. The molecule has 19 atom stereocenters. The summed E-state index contributed by atoms with van der Waals surface area (Å²) in [6.07, 6.45) is -34.2. The van der Waals surface area contributed by atoms with Crippen molar-refractivity contribution in [3.05, 3.63) is 211 Å². The maximum Gasteiger partial charge on any atom is 0.501 e. The highest BCUT2D eigenvalue weighted by atomic mass is 32.3. The molecule has 798 valence electrons. The lowest BCUT2D eigenvalue weighted by Crippen LogP contribution is -2.61. The van der Waals surface area contributed by atoms with Crippen molar-refractivity contribution in [2.75, 3.05) is 50.3 Å². The highest BCUT2D eigenvalue weighted by Gasteiger charge is 2.70. The Morgan fingerprint density at radius 2 is 1.05 bits per heavy atom. The van der Waals surface area contributed by atoms with Crippen LogP contribution in [-0.4, -0.2) is 312 Å². The molecule has 1 spiro atoms. The lowest BCUT2D eigenvalue weighted by molar-refractivity contribution is -0.271. The predicted molar refractivity (Wildman–Crippen MR) is 508 cm³/mol. The molecule has 6 aromatic carbocycles. The number of imide groups is 1. The van der Waals surface area contributed by atoms with Gasteiger partial charge in [-0.05, 0) is 117 Å². The number of carboxylic acid groups (broad SMARTS) is 3. The summed E-state index contributed by atoms with van der Waals surface area (Å²) in [5, 5.41) is 147. The normalized spacial score (nSPS) is 25.7. The number of aliphatic hydroxyl groups excluding tert-OH is 10. The molecule has 17 rings (SSSR count). The first-order valence-corrected chi connectivity index (χ1v) is 49.3. The van der Waals surface area contributed by atoms with Gasteiger partial charge in [-0.2, -0.15) is 0 Å². The van der Waals surface area contributed by atoms with Gasteiger partial charge < -0.3 is 162 Å². The van der Waals surface area contributed by atoms with Crippen molar-refractivity contribution >= 4 is 110 Å². The van der Waals surface area contributed by atoms with Gasteiger partial charge in [0.2, 0.25) is 24.8 Å². The second kappa shape index (κ2) is 43.0. The van der Waals surface area contributed by atoms with Gasteiger partial charge in [0.05, 0.1) is 62.5 Å². The van der Waals surface area contributed by atoms with Crippen molar-refractivity contribution in [1.82, 2.24) is 25.3 Å². The molecule has 0 bridgehead atoms. The Balaban J connectivity index is 0.693. The molecule has 150 heavy (non-hydrogen) atoms. The number of epoxide rings is 1. The van der Waals surface area contributed by atoms with E-state index in [1.165, 1.54) is 126 Å². The Morgan fingerprint density at radius 1 is 0.527 bits per heavy atom. The van der Waals surface area contributed by atoms with Crippen molar-refractivity contribution in [2.45, 2.75) is 196 Å². The van der Waals surface area contributed by atoms with E-state index < -0.39 is 246 Å². The monoisotopic (exact) mass is 2140 g/mol. The zero-order valence-electron chi connectivity index (χ0n) is 80.1. The van der Waals surface area contributed by atoms with Crippen molar-refractivity contribution in [3.63, 3.8) is 0 Å². The fraction of sp³-hybridized carbons (Fsp3) is 0.398. The molecule has 0 aliphatic carbocycles. The van der Waals surface area contributed by atoms with E-state index >= 15 is 27.6 Å². The molecule has 8 aromatic rings. The van der Waals surface area contributed by atoms with E-state index in [2.05, 4.69) is 17.2 Å². The number of thiophene rings is 2. The molecule has 9 aliphatic heterocycles. The number of carbonyl (C=O) groups is 11. The number of anilines is 2. The molecule has 9 aliphatic rings. The van der Waals surface area contributed by atoms with Crippen LogP contribution in [0.15, 0.2) is 157 Å². The fourth-order valence-corrected chi connectivity index (χ4v) is 20.4. The molecule has 2 aromatic heterocycles.